The Labute approximate surface area is 188 Å². The third kappa shape index (κ3) is 3.50. The lowest BCUT2D eigenvalue weighted by atomic mass is 9.68. The highest BCUT2D eigenvalue weighted by atomic mass is 16.5. The predicted molar refractivity (Wildman–Crippen MR) is 123 cm³/mol. The smallest absolute Gasteiger partial charge is 0.162 e. The van der Waals surface area contributed by atoms with Gasteiger partial charge in [0.1, 0.15) is 5.82 Å². The highest BCUT2D eigenvalue weighted by Gasteiger charge is 2.44. The van der Waals surface area contributed by atoms with Crippen molar-refractivity contribution in [2.24, 2.45) is 11.1 Å². The molecule has 0 radical (unpaired) electrons. The Balaban J connectivity index is 2.01. The van der Waals surface area contributed by atoms with E-state index >= 15 is 0 Å². The van der Waals surface area contributed by atoms with Crippen LogP contribution in [0.25, 0.3) is 0 Å². The Kier molecular flexibility index (Phi) is 5.21. The topological polar surface area (TPSA) is 99.6 Å². The molecule has 3 N–H and O–H groups in total. The van der Waals surface area contributed by atoms with Crippen LogP contribution < -0.4 is 15.4 Å². The van der Waals surface area contributed by atoms with Gasteiger partial charge in [-0.3, -0.25) is 9.69 Å². The number of hydrogen-bond donors (Lipinski definition) is 2. The molecule has 0 spiro atoms. The van der Waals surface area contributed by atoms with Crippen LogP contribution in [0.5, 0.6) is 11.5 Å². The normalized spacial score (nSPS) is 20.2. The second-order valence-electron chi connectivity index (χ2n) is 9.25. The summed E-state index contributed by atoms with van der Waals surface area (Å²) in [6.45, 7) is 6.14. The minimum Gasteiger partial charge on any atom is -0.504 e. The molecule has 1 heterocycles. The van der Waals surface area contributed by atoms with E-state index in [2.05, 4.69) is 19.9 Å². The second-order valence-corrected chi connectivity index (χ2v) is 9.25. The molecule has 1 aliphatic carbocycles. The second kappa shape index (κ2) is 7.76. The van der Waals surface area contributed by atoms with Gasteiger partial charge in [-0.25, -0.2) is 0 Å². The first-order valence-electron chi connectivity index (χ1n) is 10.6. The lowest BCUT2D eigenvalue weighted by Crippen LogP contribution is -2.42. The number of rotatable bonds is 3. The van der Waals surface area contributed by atoms with Crippen LogP contribution in [0.15, 0.2) is 65.1 Å². The summed E-state index contributed by atoms with van der Waals surface area (Å²) < 4.78 is 5.28. The maximum atomic E-state index is 13.5. The number of nitriles is 1. The number of carbonyl (C=O) groups is 1. The van der Waals surface area contributed by atoms with Gasteiger partial charge in [0, 0.05) is 23.4 Å². The van der Waals surface area contributed by atoms with Crippen LogP contribution in [-0.2, 0) is 4.79 Å². The van der Waals surface area contributed by atoms with Gasteiger partial charge in [0.2, 0.25) is 0 Å². The average molecular weight is 430 g/mol. The Morgan fingerprint density at radius 2 is 1.97 bits per heavy atom. The van der Waals surface area contributed by atoms with E-state index in [4.69, 9.17) is 10.5 Å². The monoisotopic (exact) mass is 429 g/mol. The third-order valence-corrected chi connectivity index (χ3v) is 6.18. The summed E-state index contributed by atoms with van der Waals surface area (Å²) in [6.07, 6.45) is 1.03. The van der Waals surface area contributed by atoms with Gasteiger partial charge in [0.25, 0.3) is 0 Å². The maximum Gasteiger partial charge on any atom is 0.162 e. The minimum absolute atomic E-state index is 0.00536. The zero-order valence-corrected chi connectivity index (χ0v) is 18.8. The molecule has 2 aromatic rings. The number of ether oxygens (including phenoxy) is 1. The first kappa shape index (κ1) is 21.5. The van der Waals surface area contributed by atoms with Crippen LogP contribution >= 0.6 is 0 Å². The number of ketones is 1. The molecule has 1 unspecified atom stereocenters. The van der Waals surface area contributed by atoms with Crippen LogP contribution in [0.4, 0.5) is 5.69 Å². The number of hydrogen-bond acceptors (Lipinski definition) is 6. The Bertz CT molecular complexity index is 1220. The largest absolute Gasteiger partial charge is 0.504 e. The number of phenolic OH excluding ortho intramolecular Hbond substituents is 1. The van der Waals surface area contributed by atoms with Gasteiger partial charge in [0.05, 0.1) is 24.7 Å². The van der Waals surface area contributed by atoms with Crippen molar-refractivity contribution >= 4 is 11.5 Å². The number of allylic oxidation sites excluding steroid dienone is 3. The van der Waals surface area contributed by atoms with E-state index in [-0.39, 0.29) is 22.7 Å². The molecule has 6 heteroatoms. The number of phenols is 1. The highest BCUT2D eigenvalue weighted by Crippen LogP contribution is 2.50. The van der Waals surface area contributed by atoms with Gasteiger partial charge >= 0.3 is 0 Å². The molecule has 0 fully saturated rings. The summed E-state index contributed by atoms with van der Waals surface area (Å²) in [4.78, 5) is 15.4. The Morgan fingerprint density at radius 3 is 2.62 bits per heavy atom. The van der Waals surface area contributed by atoms with E-state index in [9.17, 15) is 15.2 Å². The first-order chi connectivity index (χ1) is 15.2. The Hall–Kier alpha value is -3.72. The van der Waals surface area contributed by atoms with Gasteiger partial charge in [0.15, 0.2) is 17.3 Å². The molecule has 0 amide bonds. The summed E-state index contributed by atoms with van der Waals surface area (Å²) in [7, 11) is 1.47. The number of aryl methyl sites for hydroxylation is 1. The van der Waals surface area contributed by atoms with Gasteiger partial charge in [-0.05, 0) is 54.2 Å². The standard InChI is InChI=1S/C26H27N3O3/c1-15-6-5-7-17(10-15)29-19-12-26(2,3)13-21(31)24(19)23(18(14-27)25(29)28)16-8-9-20(30)22(11-16)32-4/h5-11,23,30H,12-13,28H2,1-4H3. The number of methoxy groups -OCH3 is 1. The van der Waals surface area contributed by atoms with Gasteiger partial charge in [-0.1, -0.05) is 32.0 Å². The highest BCUT2D eigenvalue weighted by molar-refractivity contribution is 6.01. The number of nitrogens with two attached hydrogens (primary N) is 1. The predicted octanol–water partition coefficient (Wildman–Crippen LogP) is 4.65. The van der Waals surface area contributed by atoms with Crippen molar-refractivity contribution in [2.45, 2.75) is 39.5 Å². The molecule has 0 bridgehead atoms. The molecular weight excluding hydrogens is 402 g/mol. The summed E-state index contributed by atoms with van der Waals surface area (Å²) in [5, 5.41) is 20.2. The van der Waals surface area contributed by atoms with Crippen LogP contribution in [-0.4, -0.2) is 18.0 Å². The van der Waals surface area contributed by atoms with Crippen molar-refractivity contribution in [3.05, 3.63) is 76.3 Å². The van der Waals surface area contributed by atoms with E-state index in [1.54, 1.807) is 12.1 Å². The van der Waals surface area contributed by atoms with Crippen molar-refractivity contribution in [2.75, 3.05) is 12.0 Å². The molecule has 6 nitrogen and oxygen atoms in total. The van der Waals surface area contributed by atoms with Crippen molar-refractivity contribution in [1.82, 2.24) is 0 Å². The Morgan fingerprint density at radius 1 is 1.22 bits per heavy atom. The zero-order chi connectivity index (χ0) is 23.2. The van der Waals surface area contributed by atoms with Crippen molar-refractivity contribution in [3.63, 3.8) is 0 Å². The summed E-state index contributed by atoms with van der Waals surface area (Å²) in [6, 6.07) is 15.0. The molecule has 1 atom stereocenters. The molecular formula is C26H27N3O3. The minimum atomic E-state index is -0.617. The molecule has 2 aromatic carbocycles. The third-order valence-electron chi connectivity index (χ3n) is 6.18. The quantitative estimate of drug-likeness (QED) is 0.737. The van der Waals surface area contributed by atoms with E-state index in [1.807, 2.05) is 36.1 Å². The molecule has 164 valence electrons. The van der Waals surface area contributed by atoms with E-state index < -0.39 is 5.92 Å². The molecule has 0 aromatic heterocycles. The van der Waals surface area contributed by atoms with E-state index in [1.165, 1.54) is 13.2 Å². The van der Waals surface area contributed by atoms with E-state index in [0.29, 0.717) is 35.4 Å². The van der Waals surface area contributed by atoms with Gasteiger partial charge in [-0.15, -0.1) is 0 Å². The van der Waals surface area contributed by atoms with Gasteiger partial charge < -0.3 is 15.6 Å². The summed E-state index contributed by atoms with van der Waals surface area (Å²) in [5.41, 5.74) is 10.7. The fourth-order valence-electron chi connectivity index (χ4n) is 4.78. The lowest BCUT2D eigenvalue weighted by molar-refractivity contribution is -0.118. The molecule has 0 saturated carbocycles. The van der Waals surface area contributed by atoms with Crippen molar-refractivity contribution in [3.8, 4) is 17.6 Å². The SMILES string of the molecule is COc1cc(C2C(C#N)=C(N)N(c3cccc(C)c3)C3=C2C(=O)CC(C)(C)C3)ccc1O. The van der Waals surface area contributed by atoms with Gasteiger partial charge in [-0.2, -0.15) is 5.26 Å². The van der Waals surface area contributed by atoms with Crippen LogP contribution in [0.1, 0.15) is 43.7 Å². The molecule has 0 saturated heterocycles. The fourth-order valence-corrected chi connectivity index (χ4v) is 4.78. The van der Waals surface area contributed by atoms with Crippen LogP contribution in [0.3, 0.4) is 0 Å². The molecule has 2 aliphatic rings. The number of benzene rings is 2. The first-order valence-corrected chi connectivity index (χ1v) is 10.6. The number of carbonyl (C=O) groups excluding carboxylic acids is 1. The van der Waals surface area contributed by atoms with Crippen molar-refractivity contribution < 1.29 is 14.6 Å². The summed E-state index contributed by atoms with van der Waals surface area (Å²) >= 11 is 0. The molecule has 32 heavy (non-hydrogen) atoms. The van der Waals surface area contributed by atoms with Crippen LogP contribution in [0.2, 0.25) is 0 Å². The maximum absolute atomic E-state index is 13.5. The number of aromatic hydroxyl groups is 1. The molecule has 1 aliphatic heterocycles. The average Bonchev–Trinajstić information content (AvgIpc) is 2.72. The summed E-state index contributed by atoms with van der Waals surface area (Å²) in [5.74, 6) is -0.0147. The number of anilines is 1. The van der Waals surface area contributed by atoms with Crippen LogP contribution in [0, 0.1) is 23.7 Å². The zero-order valence-electron chi connectivity index (χ0n) is 18.8. The number of nitrogens with zero attached hydrogens (tertiary/aromatic N) is 2. The fraction of sp³-hybridized carbons (Fsp3) is 0.308. The van der Waals surface area contributed by atoms with Crippen molar-refractivity contribution in [1.29, 1.82) is 5.26 Å². The lowest BCUT2D eigenvalue weighted by Gasteiger charge is -2.43. The molecule has 4 rings (SSSR count). The number of Topliss-reactive ketones (excluding diaryl/α,β-unsaturated/α-hetero) is 1. The van der Waals surface area contributed by atoms with E-state index in [0.717, 1.165) is 16.9 Å².